The van der Waals surface area contributed by atoms with Gasteiger partial charge in [-0.2, -0.15) is 0 Å². The molecule has 0 spiro atoms. The lowest BCUT2D eigenvalue weighted by molar-refractivity contribution is 0.0296. The Morgan fingerprint density at radius 2 is 2.25 bits per heavy atom. The number of cyclic esters (lactones) is 1. The van der Waals surface area contributed by atoms with Crippen LogP contribution in [0.1, 0.15) is 28.4 Å². The van der Waals surface area contributed by atoms with Gasteiger partial charge < -0.3 is 14.6 Å². The topological polar surface area (TPSA) is 55.8 Å². The maximum absolute atomic E-state index is 11.6. The second-order valence-electron chi connectivity index (χ2n) is 4.00. The van der Waals surface area contributed by atoms with E-state index in [2.05, 4.69) is 0 Å². The molecule has 0 saturated heterocycles. The fourth-order valence-corrected chi connectivity index (χ4v) is 2.06. The van der Waals surface area contributed by atoms with Crippen molar-refractivity contribution in [2.75, 3.05) is 7.11 Å². The lowest BCUT2D eigenvalue weighted by Crippen LogP contribution is -2.26. The highest BCUT2D eigenvalue weighted by molar-refractivity contribution is 5.96. The molecule has 0 bridgehead atoms. The molecule has 4 heteroatoms. The first-order valence-electron chi connectivity index (χ1n) is 5.15. The smallest absolute Gasteiger partial charge is 0.342 e. The Balaban J connectivity index is 2.66. The largest absolute Gasteiger partial charge is 0.507 e. The summed E-state index contributed by atoms with van der Waals surface area (Å²) in [5.74, 6) is 0.0597. The SMILES string of the molecule is COc1cc(O)c2c(c1C)C[C@@H](C)OC2=O. The van der Waals surface area contributed by atoms with Gasteiger partial charge in [-0.05, 0) is 25.0 Å². The van der Waals surface area contributed by atoms with Crippen molar-refractivity contribution in [3.05, 3.63) is 22.8 Å². The zero-order chi connectivity index (χ0) is 11.9. The minimum atomic E-state index is -0.461. The second kappa shape index (κ2) is 3.70. The van der Waals surface area contributed by atoms with Crippen molar-refractivity contribution in [1.29, 1.82) is 0 Å². The van der Waals surface area contributed by atoms with Crippen LogP contribution in [0.4, 0.5) is 0 Å². The first kappa shape index (κ1) is 10.8. The Morgan fingerprint density at radius 1 is 1.56 bits per heavy atom. The number of esters is 1. The van der Waals surface area contributed by atoms with Gasteiger partial charge in [0.05, 0.1) is 7.11 Å². The molecule has 1 aromatic carbocycles. The number of fused-ring (bicyclic) bond motifs is 1. The van der Waals surface area contributed by atoms with E-state index in [9.17, 15) is 9.90 Å². The van der Waals surface area contributed by atoms with Crippen molar-refractivity contribution in [2.24, 2.45) is 0 Å². The van der Waals surface area contributed by atoms with Crippen molar-refractivity contribution in [3.63, 3.8) is 0 Å². The summed E-state index contributed by atoms with van der Waals surface area (Å²) < 4.78 is 10.2. The molecule has 0 aliphatic carbocycles. The van der Waals surface area contributed by atoms with Crippen LogP contribution in [0.15, 0.2) is 6.07 Å². The molecule has 16 heavy (non-hydrogen) atoms. The molecule has 1 atom stereocenters. The summed E-state index contributed by atoms with van der Waals surface area (Å²) in [6.07, 6.45) is 0.447. The molecule has 1 N–H and O–H groups in total. The molecule has 0 amide bonds. The molecule has 0 radical (unpaired) electrons. The minimum Gasteiger partial charge on any atom is -0.507 e. The predicted octanol–water partition coefficient (Wildman–Crippen LogP) is 1.81. The van der Waals surface area contributed by atoms with Crippen LogP contribution in [0.3, 0.4) is 0 Å². The fraction of sp³-hybridized carbons (Fsp3) is 0.417. The van der Waals surface area contributed by atoms with Crippen molar-refractivity contribution < 1.29 is 19.4 Å². The third-order valence-corrected chi connectivity index (χ3v) is 2.87. The number of hydrogen-bond donors (Lipinski definition) is 1. The Morgan fingerprint density at radius 3 is 2.88 bits per heavy atom. The van der Waals surface area contributed by atoms with Gasteiger partial charge >= 0.3 is 5.97 Å². The summed E-state index contributed by atoms with van der Waals surface area (Å²) in [7, 11) is 1.54. The average Bonchev–Trinajstić information content (AvgIpc) is 2.22. The van der Waals surface area contributed by atoms with Crippen molar-refractivity contribution >= 4 is 5.97 Å². The van der Waals surface area contributed by atoms with E-state index in [1.165, 1.54) is 6.07 Å². The molecule has 0 unspecified atom stereocenters. The van der Waals surface area contributed by atoms with Crippen LogP contribution in [0.5, 0.6) is 11.5 Å². The number of benzene rings is 1. The van der Waals surface area contributed by atoms with Gasteiger partial charge in [-0.1, -0.05) is 0 Å². The molecular formula is C12H14O4. The number of aromatic hydroxyl groups is 1. The number of carbonyl (C=O) groups is 1. The van der Waals surface area contributed by atoms with Crippen molar-refractivity contribution in [3.8, 4) is 11.5 Å². The lowest BCUT2D eigenvalue weighted by atomic mass is 9.93. The van der Waals surface area contributed by atoms with Crippen molar-refractivity contribution in [2.45, 2.75) is 26.4 Å². The van der Waals surface area contributed by atoms with E-state index in [4.69, 9.17) is 9.47 Å². The van der Waals surface area contributed by atoms with Crippen LogP contribution in [0.25, 0.3) is 0 Å². The highest BCUT2D eigenvalue weighted by Gasteiger charge is 2.29. The third kappa shape index (κ3) is 1.50. The Bertz CT molecular complexity index is 451. The quantitative estimate of drug-likeness (QED) is 0.736. The van der Waals surface area contributed by atoms with Crippen LogP contribution in [0.2, 0.25) is 0 Å². The number of phenols is 1. The lowest BCUT2D eigenvalue weighted by Gasteiger charge is -2.24. The number of carbonyl (C=O) groups excluding carboxylic acids is 1. The molecule has 1 aliphatic heterocycles. The van der Waals surface area contributed by atoms with E-state index >= 15 is 0 Å². The zero-order valence-corrected chi connectivity index (χ0v) is 9.53. The standard InChI is InChI=1S/C12H14O4/c1-6-4-8-7(2)10(15-3)5-9(13)11(8)12(14)16-6/h5-6,13H,4H2,1-3H3/t6-/m1/s1. The molecular weight excluding hydrogens is 208 g/mol. The summed E-state index contributed by atoms with van der Waals surface area (Å²) in [5.41, 5.74) is 1.98. The highest BCUT2D eigenvalue weighted by atomic mass is 16.5. The zero-order valence-electron chi connectivity index (χ0n) is 9.53. The highest BCUT2D eigenvalue weighted by Crippen LogP contribution is 2.36. The molecule has 1 aromatic rings. The van der Waals surface area contributed by atoms with Gasteiger partial charge in [0, 0.05) is 12.5 Å². The van der Waals surface area contributed by atoms with Crippen molar-refractivity contribution in [1.82, 2.24) is 0 Å². The van der Waals surface area contributed by atoms with Crippen LogP contribution < -0.4 is 4.74 Å². The number of ether oxygens (including phenoxy) is 2. The fourth-order valence-electron chi connectivity index (χ4n) is 2.06. The summed E-state index contributed by atoms with van der Waals surface area (Å²) in [6.45, 7) is 3.71. The van der Waals surface area contributed by atoms with Gasteiger partial charge in [0.25, 0.3) is 0 Å². The van der Waals surface area contributed by atoms with E-state index in [0.29, 0.717) is 12.2 Å². The maximum atomic E-state index is 11.6. The van der Waals surface area contributed by atoms with E-state index in [0.717, 1.165) is 11.1 Å². The molecule has 1 heterocycles. The number of methoxy groups -OCH3 is 1. The van der Waals surface area contributed by atoms with Crippen LogP contribution in [-0.4, -0.2) is 24.3 Å². The molecule has 86 valence electrons. The average molecular weight is 222 g/mol. The molecule has 0 aromatic heterocycles. The molecule has 0 fully saturated rings. The van der Waals surface area contributed by atoms with Gasteiger partial charge in [-0.3, -0.25) is 0 Å². The molecule has 4 nitrogen and oxygen atoms in total. The number of rotatable bonds is 1. The van der Waals surface area contributed by atoms with Gasteiger partial charge in [0.15, 0.2) is 0 Å². The third-order valence-electron chi connectivity index (χ3n) is 2.87. The Hall–Kier alpha value is -1.71. The van der Waals surface area contributed by atoms with Crippen LogP contribution >= 0.6 is 0 Å². The van der Waals surface area contributed by atoms with Gasteiger partial charge in [0.1, 0.15) is 23.2 Å². The molecule has 2 rings (SSSR count). The Kier molecular flexibility index (Phi) is 2.50. The first-order chi connectivity index (χ1) is 7.54. The minimum absolute atomic E-state index is 0.0747. The van der Waals surface area contributed by atoms with E-state index in [-0.39, 0.29) is 17.4 Å². The summed E-state index contributed by atoms with van der Waals surface area (Å²) in [5, 5.41) is 9.77. The summed E-state index contributed by atoms with van der Waals surface area (Å²) in [6, 6.07) is 1.45. The molecule has 0 saturated carbocycles. The number of phenolic OH excluding ortho intramolecular Hbond substituents is 1. The van der Waals surface area contributed by atoms with E-state index < -0.39 is 5.97 Å². The molecule has 1 aliphatic rings. The van der Waals surface area contributed by atoms with Crippen LogP contribution in [0, 0.1) is 6.92 Å². The Labute approximate surface area is 93.8 Å². The summed E-state index contributed by atoms with van der Waals surface area (Å²) in [4.78, 5) is 11.6. The van der Waals surface area contributed by atoms with Gasteiger partial charge in [-0.15, -0.1) is 0 Å². The number of hydrogen-bond acceptors (Lipinski definition) is 4. The summed E-state index contributed by atoms with van der Waals surface area (Å²) >= 11 is 0. The van der Waals surface area contributed by atoms with E-state index in [1.807, 2.05) is 13.8 Å². The van der Waals surface area contributed by atoms with Crippen LogP contribution in [-0.2, 0) is 11.2 Å². The second-order valence-corrected chi connectivity index (χ2v) is 4.00. The van der Waals surface area contributed by atoms with Gasteiger partial charge in [-0.25, -0.2) is 4.79 Å². The monoisotopic (exact) mass is 222 g/mol. The van der Waals surface area contributed by atoms with E-state index in [1.54, 1.807) is 7.11 Å². The first-order valence-corrected chi connectivity index (χ1v) is 5.15. The normalized spacial score (nSPS) is 18.9. The predicted molar refractivity (Wildman–Crippen MR) is 58.0 cm³/mol. The van der Waals surface area contributed by atoms with Gasteiger partial charge in [0.2, 0.25) is 0 Å². The maximum Gasteiger partial charge on any atom is 0.342 e.